The molecule has 0 saturated carbocycles. The fourth-order valence-electron chi connectivity index (χ4n) is 0.258. The first-order chi connectivity index (χ1) is 4.46. The Hall–Kier alpha value is 0.743. The molecule has 0 aliphatic carbocycles. The van der Waals surface area contributed by atoms with E-state index in [1.807, 2.05) is 0 Å². The van der Waals surface area contributed by atoms with Crippen LogP contribution in [0, 0.1) is 0 Å². The molecule has 6 nitrogen and oxygen atoms in total. The van der Waals surface area contributed by atoms with Crippen LogP contribution in [0.3, 0.4) is 0 Å². The standard InChI is InChI=1S/C4H6O6.Na.Zr/c5-1(3(7)8)2(6)4(9)10;;/h1-2,5-6H,(H,7,8)(H,9,10);;/q;+1;+4/p-2. The number of carboxylic acid groups (broad SMARTS) is 2. The molecular weight excluding hydrogens is 258 g/mol. The first kappa shape index (κ1) is 18.5. The number of aliphatic carboxylic acids is 2. The summed E-state index contributed by atoms with van der Waals surface area (Å²) in [5, 5.41) is 35.7. The zero-order valence-corrected chi connectivity index (χ0v) is 10.6. The molecule has 0 aliphatic heterocycles. The van der Waals surface area contributed by atoms with Gasteiger partial charge in [-0.3, -0.25) is 0 Å². The molecule has 0 aromatic carbocycles. The molecule has 0 fully saturated rings. The Balaban J connectivity index is -0.000000405. The van der Waals surface area contributed by atoms with Gasteiger partial charge in [-0.1, -0.05) is 0 Å². The number of carbonyl (C=O) groups excluding carboxylic acids is 2. The van der Waals surface area contributed by atoms with Crippen LogP contribution >= 0.6 is 0 Å². The molecule has 0 aromatic rings. The summed E-state index contributed by atoms with van der Waals surface area (Å²) in [7, 11) is 0. The van der Waals surface area contributed by atoms with Crippen LogP contribution in [-0.4, -0.2) is 34.4 Å². The van der Waals surface area contributed by atoms with Crippen molar-refractivity contribution in [1.29, 1.82) is 0 Å². The molecule has 58 valence electrons. The minimum Gasteiger partial charge on any atom is -0.547 e. The van der Waals surface area contributed by atoms with Gasteiger partial charge < -0.3 is 30.0 Å². The van der Waals surface area contributed by atoms with Crippen molar-refractivity contribution < 1.29 is 85.8 Å². The Morgan fingerprint density at radius 1 is 1.00 bits per heavy atom. The normalized spacial score (nSPS) is 13.2. The number of carboxylic acids is 2. The summed E-state index contributed by atoms with van der Waals surface area (Å²) in [6, 6.07) is 0. The average Bonchev–Trinajstić information content (AvgIpc) is 1.84. The zero-order chi connectivity index (χ0) is 8.31. The van der Waals surface area contributed by atoms with E-state index in [0.29, 0.717) is 0 Å². The maximum absolute atomic E-state index is 9.63. The zero-order valence-electron chi connectivity index (χ0n) is 6.18. The van der Waals surface area contributed by atoms with Crippen molar-refractivity contribution in [3.8, 4) is 0 Å². The van der Waals surface area contributed by atoms with E-state index in [1.165, 1.54) is 0 Å². The number of hydrogen-bond acceptors (Lipinski definition) is 6. The maximum atomic E-state index is 9.63. The van der Waals surface area contributed by atoms with Crippen LogP contribution in [0.15, 0.2) is 0 Å². The van der Waals surface area contributed by atoms with E-state index >= 15 is 0 Å². The SMILES string of the molecule is O=C([O-])C(O)C(O)C(=O)[O-].[Na+].[Zr+4]. The molecule has 0 rings (SSSR count). The van der Waals surface area contributed by atoms with E-state index in [1.54, 1.807) is 0 Å². The third kappa shape index (κ3) is 6.28. The van der Waals surface area contributed by atoms with Crippen molar-refractivity contribution >= 4 is 11.9 Å². The van der Waals surface area contributed by atoms with Crippen LogP contribution in [0.5, 0.6) is 0 Å². The molecule has 0 spiro atoms. The maximum Gasteiger partial charge on any atom is 4.00 e. The summed E-state index contributed by atoms with van der Waals surface area (Å²) in [6.07, 6.45) is -4.88. The second kappa shape index (κ2) is 8.35. The third-order valence-corrected chi connectivity index (χ3v) is 0.782. The Labute approximate surface area is 109 Å². The minimum absolute atomic E-state index is 0. The fraction of sp³-hybridized carbons (Fsp3) is 0.500. The summed E-state index contributed by atoms with van der Waals surface area (Å²) in [6.45, 7) is 0. The Morgan fingerprint density at radius 2 is 1.17 bits per heavy atom. The van der Waals surface area contributed by atoms with Crippen LogP contribution in [0.1, 0.15) is 0 Å². The van der Waals surface area contributed by atoms with E-state index in [-0.39, 0.29) is 55.8 Å². The topological polar surface area (TPSA) is 121 Å². The van der Waals surface area contributed by atoms with Gasteiger partial charge in [0.1, 0.15) is 12.2 Å². The molecule has 0 radical (unpaired) electrons. The van der Waals surface area contributed by atoms with Crippen molar-refractivity contribution in [2.24, 2.45) is 0 Å². The van der Waals surface area contributed by atoms with E-state index in [2.05, 4.69) is 0 Å². The quantitative estimate of drug-likeness (QED) is 0.487. The first-order valence-corrected chi connectivity index (χ1v) is 2.24. The average molecular weight is 262 g/mol. The van der Waals surface area contributed by atoms with Crippen molar-refractivity contribution in [2.75, 3.05) is 0 Å². The predicted molar refractivity (Wildman–Crippen MR) is 22.0 cm³/mol. The second-order valence-corrected chi connectivity index (χ2v) is 1.53. The Morgan fingerprint density at radius 3 is 1.25 bits per heavy atom. The van der Waals surface area contributed by atoms with E-state index in [9.17, 15) is 19.8 Å². The largest absolute Gasteiger partial charge is 4.00 e. The summed E-state index contributed by atoms with van der Waals surface area (Å²) in [5.41, 5.74) is 0. The van der Waals surface area contributed by atoms with Gasteiger partial charge in [0.05, 0.1) is 11.9 Å². The molecule has 0 bridgehead atoms. The van der Waals surface area contributed by atoms with E-state index in [4.69, 9.17) is 10.2 Å². The number of hydrogen-bond donors (Lipinski definition) is 2. The van der Waals surface area contributed by atoms with Gasteiger partial charge in [0.15, 0.2) is 0 Å². The van der Waals surface area contributed by atoms with E-state index in [0.717, 1.165) is 0 Å². The van der Waals surface area contributed by atoms with Gasteiger partial charge in [-0.15, -0.1) is 0 Å². The molecule has 2 atom stereocenters. The smallest absolute Gasteiger partial charge is 0.547 e. The minimum atomic E-state index is -2.44. The number of aliphatic hydroxyl groups excluding tert-OH is 2. The second-order valence-electron chi connectivity index (χ2n) is 1.53. The third-order valence-electron chi connectivity index (χ3n) is 0.782. The molecule has 0 saturated heterocycles. The summed E-state index contributed by atoms with van der Waals surface area (Å²) in [4.78, 5) is 19.3. The summed E-state index contributed by atoms with van der Waals surface area (Å²) in [5.74, 6) is -4.12. The van der Waals surface area contributed by atoms with Crippen molar-refractivity contribution in [2.45, 2.75) is 12.2 Å². The predicted octanol–water partition coefficient (Wildman–Crippen LogP) is -7.79. The van der Waals surface area contributed by atoms with Crippen LogP contribution in [0.25, 0.3) is 0 Å². The van der Waals surface area contributed by atoms with Gasteiger partial charge >= 0.3 is 55.8 Å². The van der Waals surface area contributed by atoms with Crippen molar-refractivity contribution in [3.05, 3.63) is 0 Å². The molecule has 2 N–H and O–H groups in total. The molecule has 12 heavy (non-hydrogen) atoms. The van der Waals surface area contributed by atoms with Crippen LogP contribution in [-0.2, 0) is 35.8 Å². The summed E-state index contributed by atoms with van der Waals surface area (Å²) >= 11 is 0. The molecule has 0 aromatic heterocycles. The molecule has 8 heteroatoms. The van der Waals surface area contributed by atoms with Crippen LogP contribution in [0.2, 0.25) is 0 Å². The van der Waals surface area contributed by atoms with Crippen LogP contribution in [0.4, 0.5) is 0 Å². The molecule has 0 heterocycles. The van der Waals surface area contributed by atoms with Gasteiger partial charge in [0, 0.05) is 0 Å². The van der Waals surface area contributed by atoms with Gasteiger partial charge in [-0.2, -0.15) is 0 Å². The van der Waals surface area contributed by atoms with E-state index < -0.39 is 24.1 Å². The van der Waals surface area contributed by atoms with Crippen molar-refractivity contribution in [3.63, 3.8) is 0 Å². The number of carbonyl (C=O) groups is 2. The monoisotopic (exact) mass is 261 g/mol. The van der Waals surface area contributed by atoms with Gasteiger partial charge in [-0.25, -0.2) is 0 Å². The van der Waals surface area contributed by atoms with Crippen molar-refractivity contribution in [1.82, 2.24) is 0 Å². The first-order valence-electron chi connectivity index (χ1n) is 2.24. The van der Waals surface area contributed by atoms with Gasteiger partial charge in [0.2, 0.25) is 0 Å². The Kier molecular flexibility index (Phi) is 12.9. The Bertz CT molecular complexity index is 144. The molecule has 0 aliphatic rings. The van der Waals surface area contributed by atoms with Crippen LogP contribution < -0.4 is 39.8 Å². The number of rotatable bonds is 3. The molecule has 0 amide bonds. The van der Waals surface area contributed by atoms with Gasteiger partial charge in [0.25, 0.3) is 0 Å². The number of aliphatic hydroxyl groups is 2. The fourth-order valence-corrected chi connectivity index (χ4v) is 0.258. The molecular formula is C4H4NaO6Zr+3. The van der Waals surface area contributed by atoms with Gasteiger partial charge in [-0.05, 0) is 0 Å². The summed E-state index contributed by atoms with van der Waals surface area (Å²) < 4.78 is 0. The molecule has 2 unspecified atom stereocenters.